The van der Waals surface area contributed by atoms with E-state index in [4.69, 9.17) is 0 Å². The molecule has 0 bridgehead atoms. The predicted octanol–water partition coefficient (Wildman–Crippen LogP) is 3.31. The topological polar surface area (TPSA) is 0 Å². The Morgan fingerprint density at radius 3 is 2.91 bits per heavy atom. The molecule has 0 aromatic carbocycles. The van der Waals surface area contributed by atoms with Crippen LogP contribution in [0.15, 0.2) is 23.3 Å². The first-order valence-corrected chi connectivity index (χ1v) is 4.68. The zero-order valence-corrected chi connectivity index (χ0v) is 7.43. The average Bonchev–Trinajstić information content (AvgIpc) is 2.41. The largest absolute Gasteiger partial charge is 0.0772 e. The van der Waals surface area contributed by atoms with Gasteiger partial charge in [-0.05, 0) is 42.2 Å². The molecule has 0 amide bonds. The van der Waals surface area contributed by atoms with E-state index in [1.165, 1.54) is 19.3 Å². The third-order valence-corrected chi connectivity index (χ3v) is 3.00. The van der Waals surface area contributed by atoms with Crippen LogP contribution in [0.2, 0.25) is 0 Å². The lowest BCUT2D eigenvalue weighted by Gasteiger charge is -2.14. The van der Waals surface area contributed by atoms with Crippen LogP contribution in [-0.4, -0.2) is 0 Å². The average molecular weight is 148 g/mol. The van der Waals surface area contributed by atoms with Crippen molar-refractivity contribution in [1.82, 2.24) is 0 Å². The van der Waals surface area contributed by atoms with Crippen LogP contribution in [0.3, 0.4) is 0 Å². The van der Waals surface area contributed by atoms with Crippen molar-refractivity contribution >= 4 is 0 Å². The van der Waals surface area contributed by atoms with Gasteiger partial charge in [-0.3, -0.25) is 0 Å². The molecule has 0 spiro atoms. The maximum absolute atomic E-state index is 2.42. The quantitative estimate of drug-likeness (QED) is 0.535. The van der Waals surface area contributed by atoms with E-state index in [1.54, 1.807) is 11.1 Å². The minimum atomic E-state index is 0.838. The van der Waals surface area contributed by atoms with Gasteiger partial charge in [0.1, 0.15) is 0 Å². The molecular weight excluding hydrogens is 132 g/mol. The predicted molar refractivity (Wildman–Crippen MR) is 48.3 cm³/mol. The number of fused-ring (bicyclic) bond motifs is 1. The maximum Gasteiger partial charge on any atom is -0.0136 e. The zero-order chi connectivity index (χ0) is 7.84. The molecule has 2 rings (SSSR count). The minimum Gasteiger partial charge on any atom is -0.0772 e. The van der Waals surface area contributed by atoms with Gasteiger partial charge in [-0.1, -0.05) is 26.0 Å². The van der Waals surface area contributed by atoms with Crippen molar-refractivity contribution in [3.63, 3.8) is 0 Å². The highest BCUT2D eigenvalue weighted by Gasteiger charge is 2.28. The summed E-state index contributed by atoms with van der Waals surface area (Å²) < 4.78 is 0. The van der Waals surface area contributed by atoms with E-state index >= 15 is 0 Å². The summed E-state index contributed by atoms with van der Waals surface area (Å²) in [5.74, 6) is 1.72. The number of allylic oxidation sites excluding steroid dienone is 4. The summed E-state index contributed by atoms with van der Waals surface area (Å²) in [4.78, 5) is 0. The van der Waals surface area contributed by atoms with Crippen molar-refractivity contribution in [2.45, 2.75) is 33.1 Å². The van der Waals surface area contributed by atoms with Crippen LogP contribution in [0, 0.1) is 11.8 Å². The van der Waals surface area contributed by atoms with E-state index in [-0.39, 0.29) is 0 Å². The van der Waals surface area contributed by atoms with Gasteiger partial charge in [-0.25, -0.2) is 0 Å². The van der Waals surface area contributed by atoms with Gasteiger partial charge in [0.2, 0.25) is 0 Å². The highest BCUT2D eigenvalue weighted by molar-refractivity contribution is 5.42. The van der Waals surface area contributed by atoms with Crippen LogP contribution in [0.25, 0.3) is 0 Å². The zero-order valence-electron chi connectivity index (χ0n) is 7.43. The molecular formula is C11H16. The number of rotatable bonds is 1. The third-order valence-electron chi connectivity index (χ3n) is 3.00. The molecule has 11 heavy (non-hydrogen) atoms. The number of hydrogen-bond donors (Lipinski definition) is 0. The second-order valence-corrected chi connectivity index (χ2v) is 4.01. The molecule has 0 heterocycles. The first-order valence-electron chi connectivity index (χ1n) is 4.68. The summed E-state index contributed by atoms with van der Waals surface area (Å²) in [7, 11) is 0. The highest BCUT2D eigenvalue weighted by atomic mass is 14.3. The molecule has 0 N–H and O–H groups in total. The standard InChI is InChI=1S/C11H16/c1-8(2)10-7-6-9-4-3-5-11(9)10/h4-5,8,10H,3,6-7H2,1-2H3. The summed E-state index contributed by atoms with van der Waals surface area (Å²) in [5.41, 5.74) is 3.34. The van der Waals surface area contributed by atoms with Gasteiger partial charge in [0.25, 0.3) is 0 Å². The fraction of sp³-hybridized carbons (Fsp3) is 0.636. The summed E-state index contributed by atoms with van der Waals surface area (Å²) in [6.45, 7) is 4.68. The van der Waals surface area contributed by atoms with Crippen LogP contribution in [0.4, 0.5) is 0 Å². The van der Waals surface area contributed by atoms with Crippen molar-refractivity contribution in [1.29, 1.82) is 0 Å². The Balaban J connectivity index is 2.22. The van der Waals surface area contributed by atoms with Crippen molar-refractivity contribution in [2.24, 2.45) is 11.8 Å². The number of hydrogen-bond acceptors (Lipinski definition) is 0. The van der Waals surface area contributed by atoms with Crippen molar-refractivity contribution in [2.75, 3.05) is 0 Å². The lowest BCUT2D eigenvalue weighted by Crippen LogP contribution is -2.04. The second kappa shape index (κ2) is 2.51. The SMILES string of the molecule is CC(C)C1CCC2=CCC=C21. The van der Waals surface area contributed by atoms with Crippen LogP contribution in [0.5, 0.6) is 0 Å². The van der Waals surface area contributed by atoms with E-state index in [1.807, 2.05) is 0 Å². The van der Waals surface area contributed by atoms with Gasteiger partial charge in [0.15, 0.2) is 0 Å². The van der Waals surface area contributed by atoms with Gasteiger partial charge in [0.05, 0.1) is 0 Å². The van der Waals surface area contributed by atoms with Gasteiger partial charge in [-0.2, -0.15) is 0 Å². The van der Waals surface area contributed by atoms with E-state index in [9.17, 15) is 0 Å². The van der Waals surface area contributed by atoms with Gasteiger partial charge in [0, 0.05) is 0 Å². The van der Waals surface area contributed by atoms with Gasteiger partial charge >= 0.3 is 0 Å². The highest BCUT2D eigenvalue weighted by Crippen LogP contribution is 2.43. The Labute approximate surface area is 69.0 Å². The molecule has 1 fully saturated rings. The van der Waals surface area contributed by atoms with Gasteiger partial charge in [-0.15, -0.1) is 0 Å². The van der Waals surface area contributed by atoms with Crippen molar-refractivity contribution in [3.05, 3.63) is 23.3 Å². The first-order chi connectivity index (χ1) is 5.29. The third kappa shape index (κ3) is 1.05. The first kappa shape index (κ1) is 7.15. The lowest BCUT2D eigenvalue weighted by atomic mass is 9.90. The Kier molecular flexibility index (Phi) is 1.63. The van der Waals surface area contributed by atoms with Crippen LogP contribution >= 0.6 is 0 Å². The molecule has 60 valence electrons. The molecule has 0 heteroatoms. The Morgan fingerprint density at radius 1 is 1.36 bits per heavy atom. The molecule has 2 aliphatic carbocycles. The molecule has 1 atom stereocenters. The maximum atomic E-state index is 2.42. The molecule has 1 saturated carbocycles. The Hall–Kier alpha value is -0.520. The second-order valence-electron chi connectivity index (χ2n) is 4.01. The van der Waals surface area contributed by atoms with Crippen LogP contribution in [0.1, 0.15) is 33.1 Å². The minimum absolute atomic E-state index is 0.838. The Morgan fingerprint density at radius 2 is 2.18 bits per heavy atom. The van der Waals surface area contributed by atoms with E-state index in [0.29, 0.717) is 0 Å². The smallest absolute Gasteiger partial charge is 0.0136 e. The summed E-state index contributed by atoms with van der Waals surface area (Å²) >= 11 is 0. The monoisotopic (exact) mass is 148 g/mol. The molecule has 1 unspecified atom stereocenters. The van der Waals surface area contributed by atoms with Gasteiger partial charge < -0.3 is 0 Å². The molecule has 2 aliphatic rings. The molecule has 0 aliphatic heterocycles. The molecule has 0 nitrogen and oxygen atoms in total. The van der Waals surface area contributed by atoms with Crippen molar-refractivity contribution in [3.8, 4) is 0 Å². The Bertz CT molecular complexity index is 218. The fourth-order valence-electron chi connectivity index (χ4n) is 2.37. The molecule has 0 radical (unpaired) electrons. The normalized spacial score (nSPS) is 28.8. The summed E-state index contributed by atoms with van der Waals surface area (Å²) in [6.07, 6.45) is 8.77. The fourth-order valence-corrected chi connectivity index (χ4v) is 2.37. The van der Waals surface area contributed by atoms with E-state index in [0.717, 1.165) is 11.8 Å². The van der Waals surface area contributed by atoms with Crippen molar-refractivity contribution < 1.29 is 0 Å². The van der Waals surface area contributed by atoms with Crippen LogP contribution < -0.4 is 0 Å². The molecule has 0 saturated heterocycles. The summed E-state index contributed by atoms with van der Waals surface area (Å²) in [6, 6.07) is 0. The summed E-state index contributed by atoms with van der Waals surface area (Å²) in [5, 5.41) is 0. The van der Waals surface area contributed by atoms with E-state index in [2.05, 4.69) is 26.0 Å². The van der Waals surface area contributed by atoms with Crippen LogP contribution in [-0.2, 0) is 0 Å². The molecule has 0 aromatic heterocycles. The lowest BCUT2D eigenvalue weighted by molar-refractivity contribution is 0.452. The van der Waals surface area contributed by atoms with E-state index < -0.39 is 0 Å². The molecule has 0 aromatic rings.